The molecular weight excluding hydrogens is 336 g/mol. The summed E-state index contributed by atoms with van der Waals surface area (Å²) >= 11 is 1.31. The summed E-state index contributed by atoms with van der Waals surface area (Å²) in [6.45, 7) is 0. The van der Waals surface area contributed by atoms with Crippen molar-refractivity contribution in [3.8, 4) is 11.5 Å². The lowest BCUT2D eigenvalue weighted by Gasteiger charge is -2.10. The Morgan fingerprint density at radius 3 is 2.44 bits per heavy atom. The monoisotopic (exact) mass is 350 g/mol. The summed E-state index contributed by atoms with van der Waals surface area (Å²) in [4.78, 5) is 19.9. The number of anilines is 2. The summed E-state index contributed by atoms with van der Waals surface area (Å²) in [6.07, 6.45) is 3.17. The molecule has 25 heavy (non-hydrogen) atoms. The van der Waals surface area contributed by atoms with Crippen LogP contribution in [0, 0.1) is 0 Å². The molecule has 4 aromatic rings. The number of thiazole rings is 1. The van der Waals surface area contributed by atoms with Crippen LogP contribution in [0.2, 0.25) is 0 Å². The summed E-state index contributed by atoms with van der Waals surface area (Å²) in [5.74, 6) is 1.14. The van der Waals surface area contributed by atoms with E-state index in [2.05, 4.69) is 4.98 Å². The fourth-order valence-corrected chi connectivity index (χ4v) is 3.46. The second kappa shape index (κ2) is 6.41. The van der Waals surface area contributed by atoms with Gasteiger partial charge >= 0.3 is 0 Å². The molecule has 6 heteroatoms. The quantitative estimate of drug-likeness (QED) is 0.474. The molecule has 4 rings (SSSR count). The third-order valence-corrected chi connectivity index (χ3v) is 4.87. The highest BCUT2D eigenvalue weighted by atomic mass is 32.1. The van der Waals surface area contributed by atoms with Crippen molar-refractivity contribution in [2.24, 2.45) is 0 Å². The number of aromatic nitrogens is 1. The molecule has 0 bridgehead atoms. The molecular formula is C19H14N2O3S. The number of benzene rings is 1. The Bertz CT molecular complexity index is 973. The van der Waals surface area contributed by atoms with Crippen molar-refractivity contribution in [3.63, 3.8) is 0 Å². The first-order valence-electron chi connectivity index (χ1n) is 7.66. The van der Waals surface area contributed by atoms with E-state index in [-0.39, 0.29) is 5.78 Å². The van der Waals surface area contributed by atoms with Crippen LogP contribution in [0.15, 0.2) is 76.0 Å². The molecule has 0 aliphatic carbocycles. The Hall–Kier alpha value is -3.12. The number of rotatable bonds is 5. The molecule has 124 valence electrons. The smallest absolute Gasteiger partial charge is 0.205 e. The van der Waals surface area contributed by atoms with E-state index in [1.165, 1.54) is 11.3 Å². The summed E-state index contributed by atoms with van der Waals surface area (Å²) < 4.78 is 10.9. The molecule has 0 aliphatic rings. The van der Waals surface area contributed by atoms with Gasteiger partial charge in [-0.05, 0) is 18.2 Å². The molecule has 0 amide bonds. The fourth-order valence-electron chi connectivity index (χ4n) is 2.46. The number of hydrogen-bond donors (Lipinski definition) is 0. The van der Waals surface area contributed by atoms with Crippen LogP contribution < -0.4 is 4.90 Å². The molecule has 0 aliphatic heterocycles. The van der Waals surface area contributed by atoms with Crippen LogP contribution in [0.5, 0.6) is 0 Å². The first-order valence-corrected chi connectivity index (χ1v) is 8.47. The first-order chi connectivity index (χ1) is 12.2. The maximum Gasteiger partial charge on any atom is 0.205 e. The van der Waals surface area contributed by atoms with Crippen LogP contribution >= 0.6 is 11.3 Å². The zero-order valence-electron chi connectivity index (χ0n) is 13.4. The SMILES string of the molecule is CN(c1ccco1)c1nc(-c2ccco2)c(C(=O)c2ccccc2)s1. The number of carbonyl (C=O) groups excluding carboxylic acids is 1. The van der Waals surface area contributed by atoms with E-state index in [1.54, 1.807) is 41.7 Å². The molecule has 5 nitrogen and oxygen atoms in total. The minimum atomic E-state index is -0.0800. The van der Waals surface area contributed by atoms with Crippen molar-refractivity contribution in [2.45, 2.75) is 0 Å². The van der Waals surface area contributed by atoms with Gasteiger partial charge in [0.05, 0.1) is 12.5 Å². The number of hydrogen-bond acceptors (Lipinski definition) is 6. The predicted octanol–water partition coefficient (Wildman–Crippen LogP) is 5.00. The number of nitrogens with zero attached hydrogens (tertiary/aromatic N) is 2. The van der Waals surface area contributed by atoms with Crippen molar-refractivity contribution in [3.05, 3.63) is 77.6 Å². The average molecular weight is 350 g/mol. The average Bonchev–Trinajstić information content (AvgIpc) is 3.42. The highest BCUT2D eigenvalue weighted by molar-refractivity contribution is 7.18. The molecule has 0 spiro atoms. The standard InChI is InChI=1S/C19H14N2O3S/c1-21(15-10-6-12-24-15)19-20-16(14-9-5-11-23-14)18(25-19)17(22)13-7-3-2-4-8-13/h2-12H,1H3. The molecule has 0 atom stereocenters. The van der Waals surface area contributed by atoms with Crippen LogP contribution in [0.3, 0.4) is 0 Å². The lowest BCUT2D eigenvalue weighted by Crippen LogP contribution is -2.07. The van der Waals surface area contributed by atoms with Gasteiger partial charge in [-0.3, -0.25) is 9.69 Å². The normalized spacial score (nSPS) is 10.8. The van der Waals surface area contributed by atoms with Gasteiger partial charge in [-0.2, -0.15) is 0 Å². The van der Waals surface area contributed by atoms with Crippen LogP contribution in [0.1, 0.15) is 15.2 Å². The Kier molecular flexibility index (Phi) is 3.95. The van der Waals surface area contributed by atoms with E-state index in [0.717, 1.165) is 0 Å². The zero-order valence-corrected chi connectivity index (χ0v) is 14.2. The van der Waals surface area contributed by atoms with Gasteiger partial charge in [-0.1, -0.05) is 41.7 Å². The molecule has 0 fully saturated rings. The van der Waals surface area contributed by atoms with Crippen molar-refractivity contribution < 1.29 is 13.6 Å². The van der Waals surface area contributed by atoms with Gasteiger partial charge in [0.1, 0.15) is 10.6 Å². The number of furan rings is 2. The fraction of sp³-hybridized carbons (Fsp3) is 0.0526. The highest BCUT2D eigenvalue weighted by Gasteiger charge is 2.24. The highest BCUT2D eigenvalue weighted by Crippen LogP contribution is 2.37. The van der Waals surface area contributed by atoms with Gasteiger partial charge in [0.2, 0.25) is 11.7 Å². The molecule has 0 saturated heterocycles. The summed E-state index contributed by atoms with van der Waals surface area (Å²) in [6, 6.07) is 16.4. The summed E-state index contributed by atoms with van der Waals surface area (Å²) in [5.41, 5.74) is 1.16. The Balaban J connectivity index is 1.81. The van der Waals surface area contributed by atoms with Crippen LogP contribution in [-0.4, -0.2) is 17.8 Å². The third-order valence-electron chi connectivity index (χ3n) is 3.74. The Labute approximate surface area is 148 Å². The van der Waals surface area contributed by atoms with Crippen LogP contribution in [0.25, 0.3) is 11.5 Å². The number of ketones is 1. The van der Waals surface area contributed by atoms with Crippen molar-refractivity contribution in [1.82, 2.24) is 4.98 Å². The second-order valence-corrected chi connectivity index (χ2v) is 6.33. The zero-order chi connectivity index (χ0) is 17.2. The van der Waals surface area contributed by atoms with E-state index in [4.69, 9.17) is 8.83 Å². The van der Waals surface area contributed by atoms with E-state index < -0.39 is 0 Å². The van der Waals surface area contributed by atoms with Gasteiger partial charge in [-0.15, -0.1) is 0 Å². The Morgan fingerprint density at radius 2 is 1.76 bits per heavy atom. The molecule has 0 N–H and O–H groups in total. The van der Waals surface area contributed by atoms with Crippen molar-refractivity contribution in [1.29, 1.82) is 0 Å². The van der Waals surface area contributed by atoms with Gasteiger partial charge in [0.15, 0.2) is 10.9 Å². The van der Waals surface area contributed by atoms with Gasteiger partial charge < -0.3 is 8.83 Å². The minimum absolute atomic E-state index is 0.0800. The Morgan fingerprint density at radius 1 is 1.00 bits per heavy atom. The van der Waals surface area contributed by atoms with Crippen molar-refractivity contribution >= 4 is 28.1 Å². The predicted molar refractivity (Wildman–Crippen MR) is 96.5 cm³/mol. The largest absolute Gasteiger partial charge is 0.463 e. The molecule has 3 aromatic heterocycles. The van der Waals surface area contributed by atoms with E-state index in [1.807, 2.05) is 37.4 Å². The summed E-state index contributed by atoms with van der Waals surface area (Å²) in [5, 5.41) is 0.653. The van der Waals surface area contributed by atoms with Crippen molar-refractivity contribution in [2.75, 3.05) is 11.9 Å². The lowest BCUT2D eigenvalue weighted by atomic mass is 10.1. The van der Waals surface area contributed by atoms with E-state index in [9.17, 15) is 4.79 Å². The van der Waals surface area contributed by atoms with Gasteiger partial charge in [0.25, 0.3) is 0 Å². The lowest BCUT2D eigenvalue weighted by molar-refractivity contribution is 0.104. The maximum atomic E-state index is 13.0. The second-order valence-electron chi connectivity index (χ2n) is 5.36. The van der Waals surface area contributed by atoms with E-state index >= 15 is 0 Å². The summed E-state index contributed by atoms with van der Waals surface area (Å²) in [7, 11) is 1.85. The molecule has 0 saturated carbocycles. The number of carbonyl (C=O) groups is 1. The molecule has 0 unspecified atom stereocenters. The molecule has 0 radical (unpaired) electrons. The van der Waals surface area contributed by atoms with E-state index in [0.29, 0.717) is 32.9 Å². The minimum Gasteiger partial charge on any atom is -0.463 e. The third kappa shape index (κ3) is 2.88. The molecule has 1 aromatic carbocycles. The molecule has 3 heterocycles. The van der Waals surface area contributed by atoms with Gasteiger partial charge in [-0.25, -0.2) is 4.98 Å². The maximum absolute atomic E-state index is 13.0. The topological polar surface area (TPSA) is 59.5 Å². The van der Waals surface area contributed by atoms with Crippen LogP contribution in [0.4, 0.5) is 11.0 Å². The first kappa shape index (κ1) is 15.4. The van der Waals surface area contributed by atoms with Crippen LogP contribution in [-0.2, 0) is 0 Å². The van der Waals surface area contributed by atoms with Gasteiger partial charge in [0, 0.05) is 18.7 Å².